The number of hydrogen-bond donors (Lipinski definition) is 0. The molecule has 5 nitrogen and oxygen atoms in total. The van der Waals surface area contributed by atoms with E-state index in [1.807, 2.05) is 6.26 Å². The predicted molar refractivity (Wildman–Crippen MR) is 71.8 cm³/mol. The van der Waals surface area contributed by atoms with Gasteiger partial charge in [0.1, 0.15) is 11.9 Å². The summed E-state index contributed by atoms with van der Waals surface area (Å²) in [6.45, 7) is 0. The Morgan fingerprint density at radius 1 is 1.71 bits per heavy atom. The van der Waals surface area contributed by atoms with E-state index in [1.54, 1.807) is 6.07 Å². The van der Waals surface area contributed by atoms with Crippen molar-refractivity contribution in [2.45, 2.75) is 5.75 Å². The minimum atomic E-state index is -0.436. The highest BCUT2D eigenvalue weighted by atomic mass is 79.9. The van der Waals surface area contributed by atoms with Gasteiger partial charge in [0.2, 0.25) is 5.65 Å². The first-order chi connectivity index (χ1) is 8.04. The summed E-state index contributed by atoms with van der Waals surface area (Å²) in [6.07, 6.45) is 3.37. The van der Waals surface area contributed by atoms with Crippen LogP contribution in [0.2, 0.25) is 5.02 Å². The normalized spacial score (nSPS) is 11.0. The van der Waals surface area contributed by atoms with Crippen LogP contribution in [0.4, 0.5) is 5.82 Å². The first kappa shape index (κ1) is 12.7. The maximum Gasteiger partial charge on any atom is 0.351 e. The Balaban J connectivity index is 2.80. The molecule has 0 bridgehead atoms. The first-order valence-corrected chi connectivity index (χ1v) is 7.10. The van der Waals surface area contributed by atoms with Gasteiger partial charge in [-0.1, -0.05) is 11.6 Å². The van der Waals surface area contributed by atoms with E-state index in [1.165, 1.54) is 22.4 Å². The van der Waals surface area contributed by atoms with Gasteiger partial charge in [-0.05, 0) is 33.2 Å². The molecule has 0 aliphatic carbocycles. The number of halogens is 2. The van der Waals surface area contributed by atoms with Crippen molar-refractivity contribution < 1.29 is 4.92 Å². The zero-order valence-electron chi connectivity index (χ0n) is 8.68. The third kappa shape index (κ3) is 2.27. The summed E-state index contributed by atoms with van der Waals surface area (Å²) in [7, 11) is 0. The molecule has 0 aliphatic rings. The third-order valence-electron chi connectivity index (χ3n) is 2.14. The minimum absolute atomic E-state index is 0.0300. The van der Waals surface area contributed by atoms with Crippen molar-refractivity contribution in [3.63, 3.8) is 0 Å². The second-order valence-corrected chi connectivity index (χ2v) is 5.43. The van der Waals surface area contributed by atoms with Gasteiger partial charge in [0.05, 0.1) is 9.50 Å². The molecule has 2 heterocycles. The molecule has 8 heteroatoms. The summed E-state index contributed by atoms with van der Waals surface area (Å²) >= 11 is 10.7. The highest BCUT2D eigenvalue weighted by molar-refractivity contribution is 9.10. The van der Waals surface area contributed by atoms with Gasteiger partial charge >= 0.3 is 5.82 Å². The Hall–Kier alpha value is -0.790. The molecule has 2 aromatic heterocycles. The zero-order valence-corrected chi connectivity index (χ0v) is 11.8. The summed E-state index contributed by atoms with van der Waals surface area (Å²) in [5.41, 5.74) is 0.954. The van der Waals surface area contributed by atoms with Crippen molar-refractivity contribution in [3.8, 4) is 0 Å². The predicted octanol–water partition coefficient (Wildman–Crippen LogP) is 3.52. The van der Waals surface area contributed by atoms with Crippen LogP contribution in [-0.2, 0) is 5.75 Å². The number of nitrogens with zero attached hydrogens (tertiary/aromatic N) is 3. The topological polar surface area (TPSA) is 60.4 Å². The second kappa shape index (κ2) is 4.83. The number of imidazole rings is 1. The van der Waals surface area contributed by atoms with E-state index in [9.17, 15) is 10.1 Å². The fourth-order valence-electron chi connectivity index (χ4n) is 1.53. The van der Waals surface area contributed by atoms with Crippen LogP contribution in [0.15, 0.2) is 16.7 Å². The lowest BCUT2D eigenvalue weighted by atomic mass is 10.4. The molecule has 0 N–H and O–H groups in total. The molecule has 0 spiro atoms. The van der Waals surface area contributed by atoms with Gasteiger partial charge in [0.15, 0.2) is 0 Å². The number of thioether (sulfide) groups is 1. The van der Waals surface area contributed by atoms with Crippen LogP contribution in [0.25, 0.3) is 5.65 Å². The standard InChI is InChI=1S/C9H7BrClN3O2S/c1-17-4-7-9(14(15)16)13-3-5(11)2-6(10)8(13)12-7/h2-3H,4H2,1H3. The van der Waals surface area contributed by atoms with E-state index in [2.05, 4.69) is 20.9 Å². The summed E-state index contributed by atoms with van der Waals surface area (Å²) in [5.74, 6) is 0.458. The lowest BCUT2D eigenvalue weighted by molar-refractivity contribution is -0.391. The molecular formula is C9H7BrClN3O2S. The maximum atomic E-state index is 11.1. The highest BCUT2D eigenvalue weighted by Crippen LogP contribution is 2.30. The first-order valence-electron chi connectivity index (χ1n) is 4.54. The number of rotatable bonds is 3. The van der Waals surface area contributed by atoms with Crippen LogP contribution in [-0.4, -0.2) is 20.6 Å². The SMILES string of the molecule is CSCc1nc2c(Br)cc(Cl)cn2c1[N+](=O)[O-]. The van der Waals surface area contributed by atoms with Crippen LogP contribution < -0.4 is 0 Å². The molecule has 0 atom stereocenters. The molecule has 0 amide bonds. The Kier molecular flexibility index (Phi) is 3.60. The summed E-state index contributed by atoms with van der Waals surface area (Å²) in [6, 6.07) is 1.66. The van der Waals surface area contributed by atoms with E-state index in [4.69, 9.17) is 11.6 Å². The quantitative estimate of drug-likeness (QED) is 0.635. The number of pyridine rings is 1. The van der Waals surface area contributed by atoms with E-state index >= 15 is 0 Å². The maximum absolute atomic E-state index is 11.1. The smallest absolute Gasteiger partial charge is 0.351 e. The van der Waals surface area contributed by atoms with Crippen molar-refractivity contribution >= 4 is 50.8 Å². The second-order valence-electron chi connectivity index (χ2n) is 3.27. The van der Waals surface area contributed by atoms with Crippen molar-refractivity contribution in [2.75, 3.05) is 6.26 Å². The Bertz CT molecular complexity index is 601. The molecule has 0 radical (unpaired) electrons. The van der Waals surface area contributed by atoms with Crippen molar-refractivity contribution in [2.24, 2.45) is 0 Å². The Labute approximate surface area is 114 Å². The molecule has 17 heavy (non-hydrogen) atoms. The van der Waals surface area contributed by atoms with Crippen LogP contribution >= 0.6 is 39.3 Å². The lowest BCUT2D eigenvalue weighted by Gasteiger charge is -1.97. The average Bonchev–Trinajstić information content (AvgIpc) is 2.57. The fraction of sp³-hybridized carbons (Fsp3) is 0.222. The number of hydrogen-bond acceptors (Lipinski definition) is 4. The number of nitro groups is 1. The Morgan fingerprint density at radius 3 is 3.00 bits per heavy atom. The van der Waals surface area contributed by atoms with Gasteiger partial charge in [0, 0.05) is 5.75 Å². The molecule has 0 saturated heterocycles. The molecule has 0 aliphatic heterocycles. The molecule has 0 unspecified atom stereocenters. The van der Waals surface area contributed by atoms with E-state index in [0.717, 1.165) is 0 Å². The molecule has 0 aromatic carbocycles. The molecule has 90 valence electrons. The monoisotopic (exact) mass is 335 g/mol. The van der Waals surface area contributed by atoms with Crippen LogP contribution in [0.5, 0.6) is 0 Å². The molecule has 2 rings (SSSR count). The zero-order chi connectivity index (χ0) is 12.6. The average molecular weight is 337 g/mol. The van der Waals surface area contributed by atoms with Crippen LogP contribution in [0.1, 0.15) is 5.69 Å². The van der Waals surface area contributed by atoms with Gasteiger partial charge in [-0.2, -0.15) is 16.2 Å². The van der Waals surface area contributed by atoms with E-state index < -0.39 is 4.92 Å². The Morgan fingerprint density at radius 2 is 2.41 bits per heavy atom. The van der Waals surface area contributed by atoms with Crippen LogP contribution in [0, 0.1) is 10.1 Å². The summed E-state index contributed by atoms with van der Waals surface area (Å²) in [4.78, 5) is 14.9. The van der Waals surface area contributed by atoms with Crippen LogP contribution in [0.3, 0.4) is 0 Å². The number of fused-ring (bicyclic) bond motifs is 1. The van der Waals surface area contributed by atoms with Crippen molar-refractivity contribution in [1.82, 2.24) is 9.38 Å². The molecular weight excluding hydrogens is 330 g/mol. The van der Waals surface area contributed by atoms with E-state index in [-0.39, 0.29) is 5.82 Å². The summed E-state index contributed by atoms with van der Waals surface area (Å²) < 4.78 is 2.04. The summed E-state index contributed by atoms with van der Waals surface area (Å²) in [5, 5.41) is 11.5. The lowest BCUT2D eigenvalue weighted by Crippen LogP contribution is -1.97. The van der Waals surface area contributed by atoms with Gasteiger partial charge in [-0.15, -0.1) is 0 Å². The van der Waals surface area contributed by atoms with Gasteiger partial charge < -0.3 is 10.1 Å². The molecule has 0 saturated carbocycles. The van der Waals surface area contributed by atoms with Gasteiger partial charge in [0.25, 0.3) is 0 Å². The number of aromatic nitrogens is 2. The fourth-order valence-corrected chi connectivity index (χ4v) is 2.87. The van der Waals surface area contributed by atoms with Gasteiger partial charge in [-0.25, -0.2) is 4.98 Å². The van der Waals surface area contributed by atoms with Crippen molar-refractivity contribution in [1.29, 1.82) is 0 Å². The minimum Gasteiger partial charge on any atom is -0.358 e. The third-order valence-corrected chi connectivity index (χ3v) is 3.49. The van der Waals surface area contributed by atoms with Crippen molar-refractivity contribution in [3.05, 3.63) is 37.6 Å². The largest absolute Gasteiger partial charge is 0.358 e. The molecule has 2 aromatic rings. The van der Waals surface area contributed by atoms with Gasteiger partial charge in [-0.3, -0.25) is 0 Å². The molecule has 0 fully saturated rings. The van der Waals surface area contributed by atoms with E-state index in [0.29, 0.717) is 26.6 Å². The highest BCUT2D eigenvalue weighted by Gasteiger charge is 2.24.